The number of aliphatic carboxylic acids is 4. The lowest BCUT2D eigenvalue weighted by Gasteiger charge is -2.52. The van der Waals surface area contributed by atoms with E-state index >= 15 is 0 Å². The summed E-state index contributed by atoms with van der Waals surface area (Å²) in [4.78, 5) is 51.2. The van der Waals surface area contributed by atoms with Crippen LogP contribution in [0, 0.1) is 0 Å². The molecule has 38 atom stereocenters. The molecule has 0 aromatic rings. The minimum atomic E-state index is -6.85. The highest BCUT2D eigenvalue weighted by molar-refractivity contribution is 7.85. The molecule has 0 aromatic carbocycles. The van der Waals surface area contributed by atoms with Gasteiger partial charge in [-0.15, -0.1) is 0 Å². The Kier molecular flexibility index (Phi) is 52.1. The molecule has 0 spiro atoms. The van der Waals surface area contributed by atoms with E-state index in [4.69, 9.17) is 71.1 Å². The molecular formula is C48H92N12O76S12-8. The van der Waals surface area contributed by atoms with E-state index in [0.717, 1.165) is 18.9 Å². The van der Waals surface area contributed by atoms with Gasteiger partial charge in [0.15, 0.2) is 110 Å². The van der Waals surface area contributed by atoms with Gasteiger partial charge < -0.3 is 260 Å². The van der Waals surface area contributed by atoms with Crippen molar-refractivity contribution in [1.29, 1.82) is 0 Å². The lowest BCUT2D eigenvalue weighted by atomic mass is 9.94. The van der Waals surface area contributed by atoms with Gasteiger partial charge in [0.2, 0.25) is 89.5 Å². The Morgan fingerprint density at radius 1 is 0.264 bits per heavy atom. The molecule has 148 heavy (non-hydrogen) atoms. The maximum Gasteiger partial charge on any atom is 0.231 e. The van der Waals surface area contributed by atoms with Gasteiger partial charge in [0.25, 0.3) is 0 Å². The minimum absolute atomic E-state index is 0. The zero-order chi connectivity index (χ0) is 106. The van der Waals surface area contributed by atoms with E-state index in [-0.39, 0.29) is 55.3 Å². The van der Waals surface area contributed by atoms with Gasteiger partial charge in [0.05, 0.1) is 44.3 Å². The lowest BCUT2D eigenvalue weighted by molar-refractivity contribution is -0.393. The molecule has 880 valence electrons. The summed E-state index contributed by atoms with van der Waals surface area (Å²) in [7, 11) is -76.9. The average molecular weight is 2440 g/mol. The number of carbonyl (C=O) groups is 4. The molecule has 8 rings (SSSR count). The molecular weight excluding hydrogens is 2350 g/mol. The lowest BCUT2D eigenvalue weighted by Crippen LogP contribution is -2.72. The Balaban J connectivity index is 0.0000270. The Labute approximate surface area is 829 Å². The van der Waals surface area contributed by atoms with Crippen LogP contribution < -0.4 is 88.5 Å². The SMILES string of the molecule is O=C([O-])C1=CC(O)C(OS(=O)(=O)[O-])C(OC2C(COS(=O)(=O)[O-])OC(OC3C(C(=O)[O-])OC(OC4C(COS(=O)(=O)[O-])OC(OC5C(C(=O)[O-])OC(OC6C(COS(=O)(=O)[O-])OC(OC7C(C(=O)[O-])OC(OC8C(COS(=O)(=O)[O-])OC(O)C(NS(=O)(=O)[O-])C8O)C(OS(=O)(=O)[O-])C7O)C(NS(=O)(=O)[O-])C6O)C(OS(=O)(=O)[O-])C5O)C(NS(=O)(=O)[O-])C4O)C(OS(=O)(=O)[O-])C3O)C(NS(=O)(=O)[O-])C2O)O1.[NH4+].[NH4+].[NH4+].[NH4+].[NH4+].[NH4+].[NH4+].[NH4+]. The summed E-state index contributed by atoms with van der Waals surface area (Å²) in [5, 5.41) is 155. The van der Waals surface area contributed by atoms with Crippen molar-refractivity contribution in [3.8, 4) is 0 Å². The molecule has 0 radical (unpaired) electrons. The summed E-state index contributed by atoms with van der Waals surface area (Å²) < 4.78 is 551. The summed E-state index contributed by atoms with van der Waals surface area (Å²) in [6, 6.07) is -13.0. The molecule has 0 amide bonds. The molecule has 7 saturated heterocycles. The summed E-state index contributed by atoms with van der Waals surface area (Å²) in [5.41, 5.74) is 0. The summed E-state index contributed by atoms with van der Waals surface area (Å²) in [6.07, 6.45) is -115. The fourth-order valence-corrected chi connectivity index (χ4v) is 19.2. The summed E-state index contributed by atoms with van der Waals surface area (Å²) in [5.74, 6) is -13.1. The van der Waals surface area contributed by atoms with Gasteiger partial charge in [-0.1, -0.05) is 0 Å². The normalized spacial score (nSPS) is 36.4. The van der Waals surface area contributed by atoms with Crippen molar-refractivity contribution in [1.82, 2.24) is 68.1 Å². The third kappa shape index (κ3) is 41.0. The van der Waals surface area contributed by atoms with Gasteiger partial charge in [0.1, 0.15) is 170 Å². The highest BCUT2D eigenvalue weighted by atomic mass is 32.3. The maximum absolute atomic E-state index is 13.3. The molecule has 0 bridgehead atoms. The Hall–Kier alpha value is -5.38. The van der Waals surface area contributed by atoms with Crippen LogP contribution in [0.1, 0.15) is 0 Å². The predicted molar refractivity (Wildman–Crippen MR) is 413 cm³/mol. The summed E-state index contributed by atoms with van der Waals surface area (Å²) >= 11 is 0. The molecule has 8 aliphatic heterocycles. The number of carbonyl (C=O) groups excluding carboxylic acids is 4. The minimum Gasteiger partial charge on any atom is -0.735 e. The average Bonchev–Trinajstić information content (AvgIpc) is 0.754. The van der Waals surface area contributed by atoms with Crippen molar-refractivity contribution < 1.29 is 346 Å². The molecule has 8 aliphatic rings. The third-order valence-electron chi connectivity index (χ3n) is 18.9. The van der Waals surface area contributed by atoms with E-state index in [2.05, 4.69) is 33.5 Å². The number of aliphatic hydroxyl groups excluding tert-OH is 9. The molecule has 38 unspecified atom stereocenters. The predicted octanol–water partition coefficient (Wildman–Crippen LogP) is -27.2. The van der Waals surface area contributed by atoms with Crippen LogP contribution in [0.25, 0.3) is 0 Å². The van der Waals surface area contributed by atoms with E-state index in [1.54, 1.807) is 0 Å². The number of hydrogen-bond acceptors (Lipinski definition) is 76. The summed E-state index contributed by atoms with van der Waals surface area (Å²) in [6.45, 7) is -8.53. The van der Waals surface area contributed by atoms with Crippen LogP contribution in [-0.4, -0.2) is 485 Å². The van der Waals surface area contributed by atoms with Crippen molar-refractivity contribution in [2.24, 2.45) is 0 Å². The van der Waals surface area contributed by atoms with E-state index in [1.165, 1.54) is 0 Å². The van der Waals surface area contributed by atoms with Crippen LogP contribution >= 0.6 is 0 Å². The number of carboxylic acid groups (broad SMARTS) is 4. The van der Waals surface area contributed by atoms with Crippen LogP contribution in [-0.2, 0) is 248 Å². The first-order chi connectivity index (χ1) is 63.4. The van der Waals surface area contributed by atoms with Crippen molar-refractivity contribution >= 4 is 148 Å². The Morgan fingerprint density at radius 2 is 0.473 bits per heavy atom. The molecule has 0 saturated carbocycles. The third-order valence-corrected chi connectivity index (χ3v) is 24.7. The number of aliphatic hydroxyl groups is 9. The van der Waals surface area contributed by atoms with Crippen molar-refractivity contribution in [2.45, 2.75) is 233 Å². The number of quaternary nitrogens is 8. The fraction of sp³-hybridized carbons (Fsp3) is 0.875. The van der Waals surface area contributed by atoms with Gasteiger partial charge in [-0.05, 0) is 6.08 Å². The quantitative estimate of drug-likeness (QED) is 0.0199. The monoisotopic (exact) mass is 2440 g/mol. The first kappa shape index (κ1) is 143. The van der Waals surface area contributed by atoms with Crippen molar-refractivity contribution in [3.05, 3.63) is 11.8 Å². The highest BCUT2D eigenvalue weighted by Gasteiger charge is 2.63. The van der Waals surface area contributed by atoms with Gasteiger partial charge in [-0.3, -0.25) is 33.5 Å². The number of hydrogen-bond donors (Lipinski definition) is 21. The van der Waals surface area contributed by atoms with Gasteiger partial charge >= 0.3 is 0 Å². The molecule has 88 nitrogen and oxygen atoms in total. The van der Waals surface area contributed by atoms with E-state index in [9.17, 15) is 241 Å². The van der Waals surface area contributed by atoms with E-state index in [0.29, 0.717) is 0 Å². The smallest absolute Gasteiger partial charge is 0.231 e. The van der Waals surface area contributed by atoms with Crippen molar-refractivity contribution in [2.75, 3.05) is 26.4 Å². The van der Waals surface area contributed by atoms with Crippen molar-refractivity contribution in [3.63, 3.8) is 0 Å². The van der Waals surface area contributed by atoms with Crippen LogP contribution in [0.4, 0.5) is 0 Å². The van der Waals surface area contributed by atoms with Crippen LogP contribution in [0.15, 0.2) is 11.8 Å². The van der Waals surface area contributed by atoms with Crippen LogP contribution in [0.5, 0.6) is 0 Å². The van der Waals surface area contributed by atoms with Gasteiger partial charge in [-0.25, -0.2) is 120 Å². The zero-order valence-corrected chi connectivity index (χ0v) is 83.9. The Bertz CT molecular complexity index is 5950. The molecule has 7 fully saturated rings. The van der Waals surface area contributed by atoms with Gasteiger partial charge in [0, 0.05) is 0 Å². The largest absolute Gasteiger partial charge is 0.735 e. The maximum atomic E-state index is 13.3. The second-order valence-corrected chi connectivity index (χ2v) is 41.2. The molecule has 8 heterocycles. The van der Waals surface area contributed by atoms with Crippen LogP contribution in [0.2, 0.25) is 0 Å². The second kappa shape index (κ2) is 54.1. The molecule has 0 aromatic heterocycles. The fourth-order valence-electron chi connectivity index (χ4n) is 13.8. The number of carboxylic acids is 4. The molecule has 0 aliphatic carbocycles. The van der Waals surface area contributed by atoms with E-state index < -0.39 is 414 Å². The number of ether oxygens (including phenoxy) is 15. The second-order valence-electron chi connectivity index (χ2n) is 28.4. The van der Waals surface area contributed by atoms with Gasteiger partial charge in [-0.2, -0.15) is 0 Å². The number of rotatable bonds is 46. The van der Waals surface area contributed by atoms with E-state index in [1.807, 2.05) is 0 Å². The number of nitrogens with one attached hydrogen (secondary N) is 4. The Morgan fingerprint density at radius 3 is 0.689 bits per heavy atom. The first-order valence-electron chi connectivity index (χ1n) is 35.8. The van der Waals surface area contributed by atoms with Crippen LogP contribution in [0.3, 0.4) is 0 Å². The highest BCUT2D eigenvalue weighted by Crippen LogP contribution is 2.42. The topological polar surface area (TPSA) is 1580 Å². The molecule has 100 heteroatoms. The molecule has 45 N–H and O–H groups in total. The first-order valence-corrected chi connectivity index (χ1v) is 52.1. The standard InChI is InChI=1S/C48H76N4O76S12.8H3N/c53-6-1-7(37(61)62)111-45(23(6)125-137(94,95)96)115-25-9(3-107-134(85,86)87)112-42(13(17(25)55)50-130(73,74)75)119-29-21(59)32(127-139(100,101)102)47(123-35(29)39(65)66)117-27-11(5-109-136(91,92)93)114-44(15(19(27)57)52-132(79,80)81)121-30-22(60)33(128-140(103,104)105)48(124-36(30)40(67)68)118-26-10(4-108-135(88,89)90)113-43(14(18(26)56)51-131(76,77)78)120-28-20(58)31(126-138(97,98)99)46(122-34(28)38(63)64)116-24-8(2-106-133(82,83)84)110-41(69)12(16(24)54)49-129(70,71)72;;;;;;;;/h1,6,8-36,41-60,69H,2-5H2,(H,61,62)(H,63,64)(H,65,66)(H,67,68)(H,70,71,72)(H,73,74,75)(H,76,77,78)(H,79,80,81)(H,82,83,84)(H,85,86,87)(H,88,89,90)(H,91,92,93)(H,94,95,96)(H,97,98,99)(H,100,101,102)(H,103,104,105);8*1H3/p-8. The zero-order valence-electron chi connectivity index (χ0n) is 74.1.